The van der Waals surface area contributed by atoms with E-state index in [4.69, 9.17) is 0 Å². The summed E-state index contributed by atoms with van der Waals surface area (Å²) in [6.07, 6.45) is -30.9. The Morgan fingerprint density at radius 1 is 0.684 bits per heavy atom. The monoisotopic (exact) mass is 864 g/mol. The first-order valence-electron chi connectivity index (χ1n) is 15.6. The van der Waals surface area contributed by atoms with E-state index in [2.05, 4.69) is 9.47 Å². The van der Waals surface area contributed by atoms with E-state index in [1.54, 1.807) is 0 Å². The molecule has 5 nitrogen and oxygen atoms in total. The molecule has 0 bridgehead atoms. The van der Waals surface area contributed by atoms with E-state index >= 15 is 22.0 Å². The number of carbonyl (C=O) groups excluding carboxylic acids is 2. The van der Waals surface area contributed by atoms with Gasteiger partial charge in [-0.2, -0.15) is 52.7 Å². The lowest BCUT2D eigenvalue weighted by molar-refractivity contribution is -0.394. The molecule has 4 unspecified atom stereocenters. The van der Waals surface area contributed by atoms with E-state index in [-0.39, 0.29) is 44.6 Å². The Morgan fingerprint density at radius 3 is 1.42 bits per heavy atom. The Hall–Kier alpha value is -2.86. The van der Waals surface area contributed by atoms with Crippen molar-refractivity contribution in [3.8, 4) is 0 Å². The first-order valence-corrected chi connectivity index (χ1v) is 15.6. The lowest BCUT2D eigenvalue weighted by Crippen LogP contribution is -2.73. The summed E-state index contributed by atoms with van der Waals surface area (Å²) < 4.78 is 213. The van der Waals surface area contributed by atoms with Gasteiger partial charge < -0.3 is 14.6 Å². The van der Waals surface area contributed by atoms with Crippen molar-refractivity contribution in [2.45, 2.75) is 178 Å². The molecule has 0 radical (unpaired) electrons. The van der Waals surface area contributed by atoms with Crippen molar-refractivity contribution in [3.05, 3.63) is 35.4 Å². The van der Waals surface area contributed by atoms with Crippen LogP contribution in [0.5, 0.6) is 0 Å². The van der Waals surface area contributed by atoms with Gasteiger partial charge in [0, 0.05) is 6.42 Å². The van der Waals surface area contributed by atoms with Crippen LogP contribution in [0.25, 0.3) is 0 Å². The van der Waals surface area contributed by atoms with Crippen molar-refractivity contribution in [2.75, 3.05) is 0 Å². The number of benzene rings is 1. The smallest absolute Gasteiger partial charge is 0.434 e. The Morgan fingerprint density at radius 2 is 1.11 bits per heavy atom. The van der Waals surface area contributed by atoms with Gasteiger partial charge in [-0.25, -0.2) is 8.78 Å². The highest BCUT2D eigenvalue weighted by Crippen LogP contribution is 2.63. The van der Waals surface area contributed by atoms with Crippen LogP contribution in [0.3, 0.4) is 0 Å². The Balaban J connectivity index is -0.00000150. The SMILES string of the molecule is C.C.C.C.C.C.CCC(C(=O)OC(C)(C)C)(C(F)(F)F)C(F)(F)C(CC(C)c1ccc(C(C)(O)C(F)(F)F)cc1)(OC(=O)C1CCC(C(F)(F)F)CC1)C(F)(F)F. The first-order chi connectivity index (χ1) is 22.6. The maximum atomic E-state index is 16.9. The fraction of sp³-hybridized carbons (Fsp3) is 0.789. The van der Waals surface area contributed by atoms with E-state index in [0.717, 1.165) is 27.7 Å². The highest BCUT2D eigenvalue weighted by Gasteiger charge is 2.87. The lowest BCUT2D eigenvalue weighted by atomic mass is 9.67. The average molecular weight is 865 g/mol. The predicted molar refractivity (Wildman–Crippen MR) is 191 cm³/mol. The van der Waals surface area contributed by atoms with Crippen molar-refractivity contribution < 1.29 is 85.6 Å². The zero-order valence-corrected chi connectivity index (χ0v) is 28.2. The van der Waals surface area contributed by atoms with Crippen LogP contribution in [-0.2, 0) is 24.7 Å². The second-order valence-corrected chi connectivity index (χ2v) is 14.0. The van der Waals surface area contributed by atoms with Crippen molar-refractivity contribution in [2.24, 2.45) is 17.3 Å². The molecule has 0 heterocycles. The van der Waals surface area contributed by atoms with Gasteiger partial charge in [0.1, 0.15) is 5.60 Å². The van der Waals surface area contributed by atoms with Gasteiger partial charge in [0.05, 0.1) is 11.8 Å². The third-order valence-corrected chi connectivity index (χ3v) is 9.25. The summed E-state index contributed by atoms with van der Waals surface area (Å²) in [6, 6.07) is 2.49. The topological polar surface area (TPSA) is 72.8 Å². The maximum Gasteiger partial charge on any atom is 0.434 e. The summed E-state index contributed by atoms with van der Waals surface area (Å²) in [5, 5.41) is 9.92. The Kier molecular flexibility index (Phi) is 22.7. The van der Waals surface area contributed by atoms with Gasteiger partial charge in [-0.15, -0.1) is 0 Å². The van der Waals surface area contributed by atoms with Gasteiger partial charge in [0.25, 0.3) is 5.60 Å². The molecule has 0 saturated heterocycles. The predicted octanol–water partition coefficient (Wildman–Crippen LogP) is 13.9. The molecule has 0 amide bonds. The summed E-state index contributed by atoms with van der Waals surface area (Å²) in [4.78, 5) is 26.3. The van der Waals surface area contributed by atoms with Crippen molar-refractivity contribution in [1.82, 2.24) is 0 Å². The molecule has 342 valence electrons. The molecule has 1 N–H and O–H groups in total. The van der Waals surface area contributed by atoms with E-state index in [1.165, 1.54) is 0 Å². The second kappa shape index (κ2) is 20.4. The maximum absolute atomic E-state index is 16.9. The standard InChI is InChI=1S/C32H38F14O5.6CH4/c1-7-26(31(41,42)43,23(48)51-24(3,4)5)29(36,37)27(32(44,45)46,50-22(47)19-10-14-21(15-11-19)28(33,34)35)16-17(2)18-8-12-20(13-9-18)25(6,49)30(38,39)40;;;;;;/h8-9,12-13,17,19,21,49H,7,10-11,14-16H2,1-6H3;6*1H4. The van der Waals surface area contributed by atoms with Crippen LogP contribution >= 0.6 is 0 Å². The zero-order chi connectivity index (χ0) is 40.0. The number of alkyl halides is 14. The molecule has 57 heavy (non-hydrogen) atoms. The van der Waals surface area contributed by atoms with Crippen molar-refractivity contribution in [1.29, 1.82) is 0 Å². The number of hydrogen-bond donors (Lipinski definition) is 1. The third kappa shape index (κ3) is 12.3. The van der Waals surface area contributed by atoms with E-state index < -0.39 is 132 Å². The van der Waals surface area contributed by atoms with Crippen LogP contribution in [0.15, 0.2) is 24.3 Å². The summed E-state index contributed by atoms with van der Waals surface area (Å²) >= 11 is 0. The van der Waals surface area contributed by atoms with E-state index in [0.29, 0.717) is 38.1 Å². The number of aliphatic hydroxyl groups is 1. The highest BCUT2D eigenvalue weighted by atomic mass is 19.4. The summed E-state index contributed by atoms with van der Waals surface area (Å²) in [7, 11) is 0. The number of rotatable bonds is 10. The quantitative estimate of drug-likeness (QED) is 0.187. The lowest BCUT2D eigenvalue weighted by Gasteiger charge is -2.50. The van der Waals surface area contributed by atoms with Crippen LogP contribution in [0.1, 0.15) is 142 Å². The van der Waals surface area contributed by atoms with E-state index in [1.807, 2.05) is 0 Å². The number of hydrogen-bond acceptors (Lipinski definition) is 5. The molecular weight excluding hydrogens is 802 g/mol. The van der Waals surface area contributed by atoms with Gasteiger partial charge in [-0.1, -0.05) is 82.7 Å². The van der Waals surface area contributed by atoms with Gasteiger partial charge in [-0.3, -0.25) is 9.59 Å². The number of carbonyl (C=O) groups is 2. The molecule has 4 atom stereocenters. The number of esters is 2. The summed E-state index contributed by atoms with van der Waals surface area (Å²) in [5.41, 5.74) is -17.7. The molecule has 1 aliphatic rings. The summed E-state index contributed by atoms with van der Waals surface area (Å²) in [6.45, 7) is 4.22. The van der Waals surface area contributed by atoms with Gasteiger partial charge in [0.2, 0.25) is 5.41 Å². The summed E-state index contributed by atoms with van der Waals surface area (Å²) in [5.74, 6) is -17.5. The second-order valence-electron chi connectivity index (χ2n) is 14.0. The molecule has 1 aromatic rings. The molecule has 1 aromatic carbocycles. The van der Waals surface area contributed by atoms with Gasteiger partial charge in [-0.05, 0) is 76.8 Å². The van der Waals surface area contributed by atoms with Crippen LogP contribution < -0.4 is 0 Å². The fourth-order valence-electron chi connectivity index (χ4n) is 6.04. The number of ether oxygens (including phenoxy) is 2. The highest BCUT2D eigenvalue weighted by molar-refractivity contribution is 5.80. The molecule has 1 aliphatic carbocycles. The van der Waals surface area contributed by atoms with Crippen LogP contribution in [0, 0.1) is 17.3 Å². The first kappa shape index (κ1) is 63.3. The fourth-order valence-corrected chi connectivity index (χ4v) is 6.04. The Bertz CT molecular complexity index is 1370. The minimum Gasteiger partial charge on any atom is -0.459 e. The van der Waals surface area contributed by atoms with E-state index in [9.17, 15) is 54.2 Å². The molecular formula is C38H62F14O5. The molecule has 2 rings (SSSR count). The molecule has 1 fully saturated rings. The minimum absolute atomic E-state index is 0. The normalized spacial score (nSPS) is 20.2. The molecule has 0 spiro atoms. The van der Waals surface area contributed by atoms with Crippen molar-refractivity contribution in [3.63, 3.8) is 0 Å². The van der Waals surface area contributed by atoms with Gasteiger partial charge >= 0.3 is 42.6 Å². The average Bonchev–Trinajstić information content (AvgIpc) is 2.93. The van der Waals surface area contributed by atoms with Crippen LogP contribution in [-0.4, -0.2) is 58.9 Å². The number of halogens is 14. The minimum atomic E-state index is -6.64. The Labute approximate surface area is 328 Å². The van der Waals surface area contributed by atoms with Crippen LogP contribution in [0.4, 0.5) is 61.5 Å². The molecule has 19 heteroatoms. The van der Waals surface area contributed by atoms with Crippen LogP contribution in [0.2, 0.25) is 0 Å². The molecule has 0 aliphatic heterocycles. The molecule has 0 aromatic heterocycles. The largest absolute Gasteiger partial charge is 0.459 e. The third-order valence-electron chi connectivity index (χ3n) is 9.25. The molecule has 1 saturated carbocycles. The zero-order valence-electron chi connectivity index (χ0n) is 28.2. The van der Waals surface area contributed by atoms with Gasteiger partial charge in [0.15, 0.2) is 5.60 Å². The van der Waals surface area contributed by atoms with Crippen molar-refractivity contribution >= 4 is 11.9 Å².